The lowest BCUT2D eigenvalue weighted by molar-refractivity contribution is -0.118. The van der Waals surface area contributed by atoms with Gasteiger partial charge in [0.2, 0.25) is 0 Å². The number of anilines is 1. The van der Waals surface area contributed by atoms with Crippen molar-refractivity contribution < 1.29 is 14.3 Å². The predicted molar refractivity (Wildman–Crippen MR) is 136 cm³/mol. The van der Waals surface area contributed by atoms with Gasteiger partial charge < -0.3 is 15.4 Å². The summed E-state index contributed by atoms with van der Waals surface area (Å²) in [6.07, 6.45) is 1.51. The summed E-state index contributed by atoms with van der Waals surface area (Å²) in [5.41, 5.74) is 3.38. The van der Waals surface area contributed by atoms with Crippen LogP contribution in [0.15, 0.2) is 82.8 Å². The zero-order valence-corrected chi connectivity index (χ0v) is 20.4. The van der Waals surface area contributed by atoms with Gasteiger partial charge in [0.05, 0.1) is 10.5 Å². The minimum Gasteiger partial charge on any atom is -0.483 e. The number of nitrogens with zero attached hydrogens (tertiary/aromatic N) is 1. The van der Waals surface area contributed by atoms with Crippen molar-refractivity contribution in [3.63, 3.8) is 0 Å². The van der Waals surface area contributed by atoms with Crippen LogP contribution in [0.4, 0.5) is 5.69 Å². The Balaban J connectivity index is 1.61. The lowest BCUT2D eigenvalue weighted by Gasteiger charge is -2.14. The Labute approximate surface area is 207 Å². The highest BCUT2D eigenvalue weighted by atomic mass is 79.9. The van der Waals surface area contributed by atoms with E-state index in [0.717, 1.165) is 11.1 Å². The largest absolute Gasteiger partial charge is 0.483 e. The average Bonchev–Trinajstić information content (AvgIpc) is 2.83. The molecule has 34 heavy (non-hydrogen) atoms. The van der Waals surface area contributed by atoms with Crippen LogP contribution in [-0.4, -0.2) is 18.4 Å². The number of ether oxygens (including phenoxy) is 1. The average molecular weight is 518 g/mol. The molecule has 7 heteroatoms. The van der Waals surface area contributed by atoms with Gasteiger partial charge in [0.15, 0.2) is 6.61 Å². The molecule has 0 unspecified atom stereocenters. The Kier molecular flexibility index (Phi) is 8.60. The molecule has 2 N–H and O–H groups in total. The minimum absolute atomic E-state index is 0.0131. The fraction of sp³-hybridized carbons (Fsp3) is 0.148. The molecule has 0 bridgehead atoms. The number of hydrogen-bond donors (Lipinski definition) is 2. The molecule has 0 spiro atoms. The zero-order valence-electron chi connectivity index (χ0n) is 18.8. The molecule has 2 amide bonds. The second-order valence-electron chi connectivity index (χ2n) is 7.67. The molecule has 3 aromatic carbocycles. The fourth-order valence-corrected chi connectivity index (χ4v) is 3.63. The van der Waals surface area contributed by atoms with Crippen molar-refractivity contribution in [1.82, 2.24) is 5.32 Å². The van der Waals surface area contributed by atoms with Crippen LogP contribution >= 0.6 is 15.9 Å². The van der Waals surface area contributed by atoms with Crippen molar-refractivity contribution >= 4 is 39.5 Å². The highest BCUT2D eigenvalue weighted by molar-refractivity contribution is 9.10. The van der Waals surface area contributed by atoms with Crippen molar-refractivity contribution in [1.29, 1.82) is 5.26 Å². The molecule has 0 aliphatic carbocycles. The molecule has 3 rings (SSSR count). The molecule has 0 saturated carbocycles. The minimum atomic E-state index is -0.455. The molecular formula is C27H24BrN3O3. The number of halogens is 1. The number of hydrogen-bond acceptors (Lipinski definition) is 4. The lowest BCUT2D eigenvalue weighted by atomic mass is 10.1. The topological polar surface area (TPSA) is 91.2 Å². The standard InChI is InChI=1S/C27H24BrN3O3/c1-18-8-11-23(12-9-18)31-26(32)17-34-25-13-10-20(15-24(25)28)14-22(16-29)27(33)30-19(2)21-6-4-3-5-7-21/h3-15,19H,17H2,1-2H3,(H,30,33)(H,31,32)/b22-14-/t19-/m0/s1. The van der Waals surface area contributed by atoms with E-state index in [1.165, 1.54) is 6.08 Å². The van der Waals surface area contributed by atoms with E-state index >= 15 is 0 Å². The fourth-order valence-electron chi connectivity index (χ4n) is 3.12. The first-order chi connectivity index (χ1) is 16.4. The summed E-state index contributed by atoms with van der Waals surface area (Å²) in [5.74, 6) is -0.268. The van der Waals surface area contributed by atoms with Crippen LogP contribution < -0.4 is 15.4 Å². The molecule has 1 atom stereocenters. The third-order valence-corrected chi connectivity index (χ3v) is 5.59. The lowest BCUT2D eigenvalue weighted by Crippen LogP contribution is -2.27. The van der Waals surface area contributed by atoms with E-state index in [1.54, 1.807) is 18.2 Å². The Bertz CT molecular complexity index is 1230. The molecule has 0 saturated heterocycles. The highest BCUT2D eigenvalue weighted by Gasteiger charge is 2.14. The summed E-state index contributed by atoms with van der Waals surface area (Å²) in [7, 11) is 0. The quantitative estimate of drug-likeness (QED) is 0.302. The summed E-state index contributed by atoms with van der Waals surface area (Å²) in [6.45, 7) is 3.67. The van der Waals surface area contributed by atoms with E-state index in [1.807, 2.05) is 74.5 Å². The van der Waals surface area contributed by atoms with Crippen LogP contribution in [0, 0.1) is 18.3 Å². The Morgan fingerprint density at radius 1 is 1.09 bits per heavy atom. The smallest absolute Gasteiger partial charge is 0.262 e. The van der Waals surface area contributed by atoms with Crippen molar-refractivity contribution in [2.75, 3.05) is 11.9 Å². The second-order valence-corrected chi connectivity index (χ2v) is 8.52. The number of carbonyl (C=O) groups excluding carboxylic acids is 2. The van der Waals surface area contributed by atoms with Gasteiger partial charge in [0.25, 0.3) is 11.8 Å². The monoisotopic (exact) mass is 517 g/mol. The zero-order chi connectivity index (χ0) is 24.5. The molecule has 172 valence electrons. The summed E-state index contributed by atoms with van der Waals surface area (Å²) in [5, 5.41) is 15.1. The summed E-state index contributed by atoms with van der Waals surface area (Å²) in [6, 6.07) is 23.8. The maximum absolute atomic E-state index is 12.6. The number of rotatable bonds is 8. The summed E-state index contributed by atoms with van der Waals surface area (Å²) < 4.78 is 6.20. The molecule has 6 nitrogen and oxygen atoms in total. The first-order valence-corrected chi connectivity index (χ1v) is 11.4. The van der Waals surface area contributed by atoms with Crippen LogP contribution in [-0.2, 0) is 9.59 Å². The molecule has 0 fully saturated rings. The van der Waals surface area contributed by atoms with Crippen molar-refractivity contribution in [3.8, 4) is 11.8 Å². The summed E-state index contributed by atoms with van der Waals surface area (Å²) >= 11 is 3.42. The van der Waals surface area contributed by atoms with Crippen LogP contribution in [0.3, 0.4) is 0 Å². The number of amides is 2. The van der Waals surface area contributed by atoms with Gasteiger partial charge in [-0.05, 0) is 71.2 Å². The van der Waals surface area contributed by atoms with Gasteiger partial charge >= 0.3 is 0 Å². The van der Waals surface area contributed by atoms with E-state index in [4.69, 9.17) is 4.74 Å². The predicted octanol–water partition coefficient (Wildman–Crippen LogP) is 5.56. The van der Waals surface area contributed by atoms with Gasteiger partial charge in [0.1, 0.15) is 17.4 Å². The first-order valence-electron chi connectivity index (χ1n) is 10.6. The van der Waals surface area contributed by atoms with Crippen LogP contribution in [0.1, 0.15) is 29.7 Å². The SMILES string of the molecule is Cc1ccc(NC(=O)COc2ccc(/C=C(/C#N)C(=O)N[C@@H](C)c3ccccc3)cc2Br)cc1. The van der Waals surface area contributed by atoms with Gasteiger partial charge in [-0.1, -0.05) is 54.1 Å². The maximum Gasteiger partial charge on any atom is 0.262 e. The first kappa shape index (κ1) is 24.7. The number of benzene rings is 3. The third kappa shape index (κ3) is 7.06. The molecule has 0 radical (unpaired) electrons. The number of nitriles is 1. The molecular weight excluding hydrogens is 494 g/mol. The van der Waals surface area contributed by atoms with Crippen LogP contribution in [0.25, 0.3) is 6.08 Å². The molecule has 0 aliphatic rings. The van der Waals surface area contributed by atoms with E-state index in [-0.39, 0.29) is 24.1 Å². The molecule has 0 aliphatic heterocycles. The molecule has 0 aromatic heterocycles. The molecule has 0 heterocycles. The van der Waals surface area contributed by atoms with E-state index in [2.05, 4.69) is 26.6 Å². The Morgan fingerprint density at radius 3 is 2.44 bits per heavy atom. The van der Waals surface area contributed by atoms with Crippen molar-refractivity contribution in [3.05, 3.63) is 99.5 Å². The summed E-state index contributed by atoms with van der Waals surface area (Å²) in [4.78, 5) is 24.7. The van der Waals surface area contributed by atoms with Crippen LogP contribution in [0.5, 0.6) is 5.75 Å². The van der Waals surface area contributed by atoms with Gasteiger partial charge in [-0.15, -0.1) is 0 Å². The van der Waals surface area contributed by atoms with Gasteiger partial charge in [-0.2, -0.15) is 5.26 Å². The second kappa shape index (κ2) is 11.8. The molecule has 3 aromatic rings. The van der Waals surface area contributed by atoms with Gasteiger partial charge in [-0.3, -0.25) is 9.59 Å². The normalized spacial score (nSPS) is 11.8. The van der Waals surface area contributed by atoms with E-state index in [9.17, 15) is 14.9 Å². The van der Waals surface area contributed by atoms with Crippen LogP contribution in [0.2, 0.25) is 0 Å². The van der Waals surface area contributed by atoms with Crippen molar-refractivity contribution in [2.24, 2.45) is 0 Å². The van der Waals surface area contributed by atoms with E-state index in [0.29, 0.717) is 21.5 Å². The number of aryl methyl sites for hydroxylation is 1. The third-order valence-electron chi connectivity index (χ3n) is 4.97. The van der Waals surface area contributed by atoms with Gasteiger partial charge in [-0.25, -0.2) is 0 Å². The maximum atomic E-state index is 12.6. The van der Waals surface area contributed by atoms with E-state index < -0.39 is 5.91 Å². The number of nitrogens with one attached hydrogen (secondary N) is 2. The van der Waals surface area contributed by atoms with Crippen molar-refractivity contribution in [2.45, 2.75) is 19.9 Å². The Morgan fingerprint density at radius 2 is 1.79 bits per heavy atom. The Hall–Kier alpha value is -3.89. The van der Waals surface area contributed by atoms with Gasteiger partial charge in [0, 0.05) is 5.69 Å². The highest BCUT2D eigenvalue weighted by Crippen LogP contribution is 2.27. The number of carbonyl (C=O) groups is 2.